The minimum Gasteiger partial charge on any atom is -0.298 e. The molecule has 2 rings (SSSR count). The molecule has 2 N–H and O–H groups in total. The summed E-state index contributed by atoms with van der Waals surface area (Å²) in [6.07, 6.45) is 0.346. The average Bonchev–Trinajstić information content (AvgIpc) is 2.58. The number of aromatic amines is 2. The lowest BCUT2D eigenvalue weighted by Crippen LogP contribution is -2.31. The maximum atomic E-state index is 11.6. The van der Waals surface area contributed by atoms with Crippen LogP contribution in [-0.4, -0.2) is 28.3 Å². The number of nitrogens with zero attached hydrogens (tertiary/aromatic N) is 1. The number of anilines is 1. The molecule has 1 saturated heterocycles. The normalized spacial score (nSPS) is 20.4. The molecular formula is C9H10ClN3O3. The highest BCUT2D eigenvalue weighted by atomic mass is 35.5. The van der Waals surface area contributed by atoms with E-state index < -0.39 is 11.2 Å². The fourth-order valence-electron chi connectivity index (χ4n) is 1.72. The molecule has 6 nitrogen and oxygen atoms in total. The molecule has 2 heterocycles. The van der Waals surface area contributed by atoms with Crippen molar-refractivity contribution in [2.24, 2.45) is 5.92 Å². The molecule has 1 aromatic rings. The SMILES string of the molecule is O=C1CC(CCl)CN1c1cc(=O)[nH]c(=O)[nH]1. The molecule has 1 amide bonds. The van der Waals surface area contributed by atoms with E-state index in [0.717, 1.165) is 0 Å². The first-order valence-electron chi connectivity index (χ1n) is 4.80. The summed E-state index contributed by atoms with van der Waals surface area (Å²) in [5.41, 5.74) is -1.15. The zero-order valence-corrected chi connectivity index (χ0v) is 9.08. The van der Waals surface area contributed by atoms with Crippen molar-refractivity contribution in [1.82, 2.24) is 9.97 Å². The van der Waals surface area contributed by atoms with Crippen LogP contribution in [0.2, 0.25) is 0 Å². The Morgan fingerprint density at radius 1 is 1.38 bits per heavy atom. The van der Waals surface area contributed by atoms with Crippen LogP contribution in [0.3, 0.4) is 0 Å². The van der Waals surface area contributed by atoms with E-state index in [1.165, 1.54) is 11.0 Å². The van der Waals surface area contributed by atoms with Gasteiger partial charge in [-0.05, 0) is 5.92 Å². The van der Waals surface area contributed by atoms with Crippen LogP contribution >= 0.6 is 11.6 Å². The van der Waals surface area contributed by atoms with Crippen LogP contribution in [0.5, 0.6) is 0 Å². The zero-order chi connectivity index (χ0) is 11.7. The molecule has 1 atom stereocenters. The molecule has 1 aromatic heterocycles. The second-order valence-electron chi connectivity index (χ2n) is 3.70. The number of alkyl halides is 1. The minimum atomic E-state index is -0.621. The van der Waals surface area contributed by atoms with Gasteiger partial charge in [0.25, 0.3) is 5.56 Å². The van der Waals surface area contributed by atoms with E-state index in [9.17, 15) is 14.4 Å². The number of H-pyrrole nitrogens is 2. The number of carbonyl (C=O) groups excluding carboxylic acids is 1. The van der Waals surface area contributed by atoms with Crippen molar-refractivity contribution in [3.05, 3.63) is 26.9 Å². The van der Waals surface area contributed by atoms with Crippen molar-refractivity contribution in [1.29, 1.82) is 0 Å². The highest BCUT2D eigenvalue weighted by Crippen LogP contribution is 2.22. The van der Waals surface area contributed by atoms with Crippen LogP contribution < -0.4 is 16.1 Å². The van der Waals surface area contributed by atoms with Crippen molar-refractivity contribution in [2.45, 2.75) is 6.42 Å². The summed E-state index contributed by atoms with van der Waals surface area (Å²) in [5.74, 6) is 0.547. The van der Waals surface area contributed by atoms with Crippen LogP contribution in [0.15, 0.2) is 15.7 Å². The Balaban J connectivity index is 2.34. The number of hydrogen-bond acceptors (Lipinski definition) is 3. The predicted octanol–water partition coefficient (Wildman–Crippen LogP) is -0.345. The molecule has 86 valence electrons. The van der Waals surface area contributed by atoms with Gasteiger partial charge < -0.3 is 0 Å². The second kappa shape index (κ2) is 4.13. The van der Waals surface area contributed by atoms with Crippen molar-refractivity contribution in [3.63, 3.8) is 0 Å². The first kappa shape index (κ1) is 10.9. The van der Waals surface area contributed by atoms with Gasteiger partial charge >= 0.3 is 5.69 Å². The van der Waals surface area contributed by atoms with Crippen molar-refractivity contribution in [2.75, 3.05) is 17.3 Å². The number of hydrogen-bond donors (Lipinski definition) is 2. The summed E-state index contributed by atoms with van der Waals surface area (Å²) >= 11 is 5.67. The van der Waals surface area contributed by atoms with Gasteiger partial charge in [0.1, 0.15) is 5.82 Å². The molecule has 1 fully saturated rings. The minimum absolute atomic E-state index is 0.0666. The highest BCUT2D eigenvalue weighted by Gasteiger charge is 2.30. The van der Waals surface area contributed by atoms with Gasteiger partial charge in [0.2, 0.25) is 5.91 Å². The molecule has 0 saturated carbocycles. The van der Waals surface area contributed by atoms with Gasteiger partial charge in [0, 0.05) is 24.9 Å². The summed E-state index contributed by atoms with van der Waals surface area (Å²) in [6, 6.07) is 1.19. The fourth-order valence-corrected chi connectivity index (χ4v) is 1.93. The Hall–Kier alpha value is -1.56. The highest BCUT2D eigenvalue weighted by molar-refractivity contribution is 6.18. The predicted molar refractivity (Wildman–Crippen MR) is 58.9 cm³/mol. The van der Waals surface area contributed by atoms with Crippen molar-refractivity contribution in [3.8, 4) is 0 Å². The fraction of sp³-hybridized carbons (Fsp3) is 0.444. The van der Waals surface area contributed by atoms with Crippen LogP contribution in [0.25, 0.3) is 0 Å². The van der Waals surface area contributed by atoms with Gasteiger partial charge in [-0.15, -0.1) is 11.6 Å². The van der Waals surface area contributed by atoms with E-state index in [1.54, 1.807) is 0 Å². The molecule has 1 aliphatic heterocycles. The number of nitrogens with one attached hydrogen (secondary N) is 2. The third-order valence-corrected chi connectivity index (χ3v) is 2.90. The van der Waals surface area contributed by atoms with E-state index in [4.69, 9.17) is 11.6 Å². The maximum Gasteiger partial charge on any atom is 0.327 e. The van der Waals surface area contributed by atoms with E-state index >= 15 is 0 Å². The lowest BCUT2D eigenvalue weighted by atomic mass is 10.1. The summed E-state index contributed by atoms with van der Waals surface area (Å²) in [6.45, 7) is 0.432. The van der Waals surface area contributed by atoms with Gasteiger partial charge in [0.15, 0.2) is 0 Å². The number of rotatable bonds is 2. The van der Waals surface area contributed by atoms with Gasteiger partial charge in [0.05, 0.1) is 0 Å². The van der Waals surface area contributed by atoms with Gasteiger partial charge in [-0.1, -0.05) is 0 Å². The molecule has 0 bridgehead atoms. The Labute approximate surface area is 95.2 Å². The standard InChI is InChI=1S/C9H10ClN3O3/c10-3-5-1-8(15)13(4-5)6-2-7(14)12-9(16)11-6/h2,5H,1,3-4H2,(H2,11,12,14,16). The molecular weight excluding hydrogens is 234 g/mol. The molecule has 0 aliphatic carbocycles. The summed E-state index contributed by atoms with van der Waals surface area (Å²) < 4.78 is 0. The van der Waals surface area contributed by atoms with Gasteiger partial charge in [-0.2, -0.15) is 0 Å². The topological polar surface area (TPSA) is 86.0 Å². The molecule has 1 aliphatic rings. The first-order chi connectivity index (χ1) is 7.60. The summed E-state index contributed by atoms with van der Waals surface area (Å²) in [5, 5.41) is 0. The smallest absolute Gasteiger partial charge is 0.298 e. The lowest BCUT2D eigenvalue weighted by molar-refractivity contribution is -0.117. The number of carbonyl (C=O) groups is 1. The molecule has 0 spiro atoms. The summed E-state index contributed by atoms with van der Waals surface area (Å²) in [4.78, 5) is 39.6. The van der Waals surface area contributed by atoms with Gasteiger partial charge in [-0.3, -0.25) is 24.5 Å². The molecule has 16 heavy (non-hydrogen) atoms. The second-order valence-corrected chi connectivity index (χ2v) is 4.01. The third-order valence-electron chi connectivity index (χ3n) is 2.46. The Morgan fingerprint density at radius 2 is 2.12 bits per heavy atom. The van der Waals surface area contributed by atoms with Crippen LogP contribution in [-0.2, 0) is 4.79 Å². The quantitative estimate of drug-likeness (QED) is 0.697. The van der Waals surface area contributed by atoms with Gasteiger partial charge in [-0.25, -0.2) is 4.79 Å². The molecule has 7 heteroatoms. The van der Waals surface area contributed by atoms with Crippen LogP contribution in [0.4, 0.5) is 5.82 Å². The van der Waals surface area contributed by atoms with Crippen molar-refractivity contribution < 1.29 is 4.79 Å². The number of aromatic nitrogens is 2. The largest absolute Gasteiger partial charge is 0.327 e. The van der Waals surface area contributed by atoms with E-state index in [1.807, 2.05) is 4.98 Å². The lowest BCUT2D eigenvalue weighted by Gasteiger charge is -2.14. The number of amides is 1. The Morgan fingerprint density at radius 3 is 2.69 bits per heavy atom. The molecule has 1 unspecified atom stereocenters. The van der Waals surface area contributed by atoms with Crippen LogP contribution in [0, 0.1) is 5.92 Å². The molecule has 0 aromatic carbocycles. The average molecular weight is 244 g/mol. The summed E-state index contributed by atoms with van der Waals surface area (Å²) in [7, 11) is 0. The van der Waals surface area contributed by atoms with E-state index in [0.29, 0.717) is 18.8 Å². The first-order valence-corrected chi connectivity index (χ1v) is 5.33. The molecule has 0 radical (unpaired) electrons. The van der Waals surface area contributed by atoms with E-state index in [-0.39, 0.29) is 17.6 Å². The third kappa shape index (κ3) is 2.01. The monoisotopic (exact) mass is 243 g/mol. The Kier molecular flexibility index (Phi) is 2.82. The van der Waals surface area contributed by atoms with E-state index in [2.05, 4.69) is 4.98 Å². The van der Waals surface area contributed by atoms with Crippen LogP contribution in [0.1, 0.15) is 6.42 Å². The van der Waals surface area contributed by atoms with Crippen molar-refractivity contribution >= 4 is 23.3 Å². The zero-order valence-electron chi connectivity index (χ0n) is 8.33. The maximum absolute atomic E-state index is 11.6. The number of halogens is 1. The Bertz CT molecular complexity index is 493.